The highest BCUT2D eigenvalue weighted by Gasteiger charge is 2.23. The second-order valence-corrected chi connectivity index (χ2v) is 13.2. The number of carbonyl (C=O) groups is 2. The highest BCUT2D eigenvalue weighted by atomic mass is 32.2. The van der Waals surface area contributed by atoms with Gasteiger partial charge in [-0.05, 0) is 72.6 Å². The van der Waals surface area contributed by atoms with Crippen LogP contribution >= 0.6 is 0 Å². The van der Waals surface area contributed by atoms with Crippen molar-refractivity contribution in [3.8, 4) is 16.9 Å². The molecular weight excluding hydrogens is 596 g/mol. The van der Waals surface area contributed by atoms with Gasteiger partial charge in [-0.1, -0.05) is 12.1 Å². The number of sulfone groups is 1. The van der Waals surface area contributed by atoms with E-state index in [-0.39, 0.29) is 16.6 Å². The van der Waals surface area contributed by atoms with E-state index in [2.05, 4.69) is 34.1 Å². The maximum atomic E-state index is 13.5. The number of carbonyl (C=O) groups excluding carboxylic acids is 1. The second-order valence-electron chi connectivity index (χ2n) is 11.1. The lowest BCUT2D eigenvalue weighted by Crippen LogP contribution is -2.37. The van der Waals surface area contributed by atoms with Crippen molar-refractivity contribution in [3.05, 3.63) is 78.1 Å². The predicted molar refractivity (Wildman–Crippen MR) is 170 cm³/mol. The molecule has 0 aliphatic carbocycles. The lowest BCUT2D eigenvalue weighted by molar-refractivity contribution is -0.134. The standard InChI is InChI=1S/C31H34N4O5S.C2H4O2/c1-33-22-32-28-20-25(5-9-29(28)33)24-6-10-30-26(19-24)21-35(14-17-40-30)31(36)23-3-7-27(8-4-23)41(37,38)18-2-11-34-12-15-39-16-13-34;1-2(3)4/h3-10,19-20,22H,2,11-18,21H2,1H3;1H3,(H,3,4). The largest absolute Gasteiger partial charge is 0.491 e. The highest BCUT2D eigenvalue weighted by molar-refractivity contribution is 7.91. The Kier molecular flexibility index (Phi) is 10.2. The van der Waals surface area contributed by atoms with Crippen molar-refractivity contribution in [2.45, 2.75) is 24.8 Å². The molecule has 45 heavy (non-hydrogen) atoms. The number of morpholine rings is 1. The molecule has 0 radical (unpaired) electrons. The summed E-state index contributed by atoms with van der Waals surface area (Å²) in [5.41, 5.74) is 5.44. The summed E-state index contributed by atoms with van der Waals surface area (Å²) < 4.78 is 39.1. The van der Waals surface area contributed by atoms with Gasteiger partial charge in [0.2, 0.25) is 0 Å². The van der Waals surface area contributed by atoms with Gasteiger partial charge < -0.3 is 24.0 Å². The number of aliphatic carboxylic acids is 1. The van der Waals surface area contributed by atoms with Gasteiger partial charge in [0.25, 0.3) is 11.9 Å². The number of hydrogen-bond donors (Lipinski definition) is 1. The van der Waals surface area contributed by atoms with Crippen LogP contribution in [0.5, 0.6) is 5.75 Å². The van der Waals surface area contributed by atoms with E-state index in [9.17, 15) is 13.2 Å². The van der Waals surface area contributed by atoms with Crippen LogP contribution in [0.15, 0.2) is 71.9 Å². The molecule has 1 amide bonds. The van der Waals surface area contributed by atoms with Gasteiger partial charge in [-0.25, -0.2) is 13.4 Å². The minimum absolute atomic E-state index is 0.0769. The number of carboxylic acid groups (broad SMARTS) is 1. The minimum atomic E-state index is -3.43. The SMILES string of the molecule is CC(=O)O.Cn1cnc2cc(-c3ccc4c(c3)CN(C(=O)c3ccc(S(=O)(=O)CCCN5CCOCC5)cc3)CCO4)ccc21. The van der Waals surface area contributed by atoms with E-state index in [1.54, 1.807) is 35.5 Å². The zero-order valence-electron chi connectivity index (χ0n) is 25.5. The topological polar surface area (TPSA) is 131 Å². The van der Waals surface area contributed by atoms with E-state index in [4.69, 9.17) is 19.4 Å². The third-order valence-electron chi connectivity index (χ3n) is 7.84. The highest BCUT2D eigenvalue weighted by Crippen LogP contribution is 2.31. The van der Waals surface area contributed by atoms with Crippen molar-refractivity contribution < 1.29 is 32.6 Å². The molecule has 6 rings (SSSR count). The first kappa shape index (κ1) is 32.1. The van der Waals surface area contributed by atoms with Crippen LogP contribution in [-0.4, -0.2) is 96.5 Å². The molecule has 4 aromatic rings. The third kappa shape index (κ3) is 8.07. The summed E-state index contributed by atoms with van der Waals surface area (Å²) in [6.07, 6.45) is 2.37. The molecular formula is C33H38N4O7S. The van der Waals surface area contributed by atoms with Crippen LogP contribution in [0.25, 0.3) is 22.2 Å². The maximum Gasteiger partial charge on any atom is 0.300 e. The molecule has 1 fully saturated rings. The minimum Gasteiger partial charge on any atom is -0.491 e. The molecule has 1 aromatic heterocycles. The number of benzene rings is 3. The molecule has 0 unspecified atom stereocenters. The van der Waals surface area contributed by atoms with Gasteiger partial charge in [0.1, 0.15) is 12.4 Å². The van der Waals surface area contributed by atoms with Gasteiger partial charge in [0, 0.05) is 44.7 Å². The molecule has 3 aromatic carbocycles. The summed E-state index contributed by atoms with van der Waals surface area (Å²) >= 11 is 0. The number of nitrogens with zero attached hydrogens (tertiary/aromatic N) is 4. The second kappa shape index (κ2) is 14.2. The van der Waals surface area contributed by atoms with Gasteiger partial charge in [-0.15, -0.1) is 0 Å². The van der Waals surface area contributed by atoms with Crippen LogP contribution in [0.1, 0.15) is 29.3 Å². The molecule has 3 heterocycles. The van der Waals surface area contributed by atoms with Crippen molar-refractivity contribution in [1.82, 2.24) is 19.4 Å². The van der Waals surface area contributed by atoms with E-state index in [0.717, 1.165) is 60.0 Å². The van der Waals surface area contributed by atoms with Gasteiger partial charge in [-0.2, -0.15) is 0 Å². The van der Waals surface area contributed by atoms with E-state index in [0.29, 0.717) is 44.9 Å². The third-order valence-corrected chi connectivity index (χ3v) is 9.65. The number of aryl methyl sites for hydroxylation is 1. The quantitative estimate of drug-likeness (QED) is 0.322. The lowest BCUT2D eigenvalue weighted by Gasteiger charge is -2.26. The molecule has 1 saturated heterocycles. The summed E-state index contributed by atoms with van der Waals surface area (Å²) in [6.45, 7) is 6.10. The first-order chi connectivity index (χ1) is 21.6. The Morgan fingerprint density at radius 1 is 0.933 bits per heavy atom. The molecule has 0 atom stereocenters. The molecule has 2 aliphatic rings. The molecule has 0 bridgehead atoms. The van der Waals surface area contributed by atoms with Crippen LogP contribution in [0.2, 0.25) is 0 Å². The average Bonchev–Trinajstić information content (AvgIpc) is 3.26. The number of carboxylic acids is 1. The van der Waals surface area contributed by atoms with Crippen molar-refractivity contribution in [2.24, 2.45) is 7.05 Å². The van der Waals surface area contributed by atoms with Crippen LogP contribution in [-0.2, 0) is 33.0 Å². The zero-order chi connectivity index (χ0) is 32.0. The van der Waals surface area contributed by atoms with Gasteiger partial charge in [0.05, 0.1) is 47.8 Å². The summed E-state index contributed by atoms with van der Waals surface area (Å²) in [4.78, 5) is 31.2. The van der Waals surface area contributed by atoms with E-state index < -0.39 is 15.8 Å². The van der Waals surface area contributed by atoms with Gasteiger partial charge in [-0.3, -0.25) is 14.5 Å². The zero-order valence-corrected chi connectivity index (χ0v) is 26.3. The van der Waals surface area contributed by atoms with Crippen molar-refractivity contribution in [1.29, 1.82) is 0 Å². The van der Waals surface area contributed by atoms with E-state index in [1.165, 1.54) is 0 Å². The molecule has 238 valence electrons. The van der Waals surface area contributed by atoms with E-state index >= 15 is 0 Å². The summed E-state index contributed by atoms with van der Waals surface area (Å²) in [5, 5.41) is 7.42. The number of amides is 1. The number of aromatic nitrogens is 2. The molecule has 1 N–H and O–H groups in total. The normalized spacial score (nSPS) is 15.4. The van der Waals surface area contributed by atoms with Crippen molar-refractivity contribution in [2.75, 3.05) is 51.8 Å². The van der Waals surface area contributed by atoms with Gasteiger partial charge >= 0.3 is 0 Å². The van der Waals surface area contributed by atoms with Crippen LogP contribution in [0, 0.1) is 0 Å². The Bertz CT molecular complexity index is 1760. The van der Waals surface area contributed by atoms with Gasteiger partial charge in [0.15, 0.2) is 9.84 Å². The Labute approximate surface area is 262 Å². The predicted octanol–water partition coefficient (Wildman–Crippen LogP) is 3.86. The fourth-order valence-electron chi connectivity index (χ4n) is 5.47. The fraction of sp³-hybridized carbons (Fsp3) is 0.364. The van der Waals surface area contributed by atoms with Crippen LogP contribution in [0.3, 0.4) is 0 Å². The monoisotopic (exact) mass is 634 g/mol. The number of imidazole rings is 1. The Morgan fingerprint density at radius 3 is 2.36 bits per heavy atom. The number of fused-ring (bicyclic) bond motifs is 2. The summed E-state index contributed by atoms with van der Waals surface area (Å²) in [6, 6.07) is 18.6. The summed E-state index contributed by atoms with van der Waals surface area (Å²) in [7, 11) is -1.45. The summed E-state index contributed by atoms with van der Waals surface area (Å²) in [5.74, 6) is -0.146. The molecule has 0 spiro atoms. The Morgan fingerprint density at radius 2 is 1.62 bits per heavy atom. The maximum absolute atomic E-state index is 13.5. The molecule has 2 aliphatic heterocycles. The number of hydrogen-bond acceptors (Lipinski definition) is 8. The number of rotatable bonds is 7. The van der Waals surface area contributed by atoms with Crippen molar-refractivity contribution in [3.63, 3.8) is 0 Å². The molecule has 12 heteroatoms. The molecule has 0 saturated carbocycles. The lowest BCUT2D eigenvalue weighted by atomic mass is 10.0. The first-order valence-electron chi connectivity index (χ1n) is 14.9. The van der Waals surface area contributed by atoms with E-state index in [1.807, 2.05) is 23.7 Å². The van der Waals surface area contributed by atoms with Crippen molar-refractivity contribution >= 4 is 32.7 Å². The first-order valence-corrected chi connectivity index (χ1v) is 16.5. The Hall–Kier alpha value is -4.26. The fourth-order valence-corrected chi connectivity index (χ4v) is 6.77. The Balaban J connectivity index is 0.000000945. The smallest absolute Gasteiger partial charge is 0.300 e. The number of ether oxygens (including phenoxy) is 2. The van der Waals surface area contributed by atoms with Crippen LogP contribution < -0.4 is 4.74 Å². The van der Waals surface area contributed by atoms with Crippen LogP contribution in [0.4, 0.5) is 0 Å². The molecule has 11 nitrogen and oxygen atoms in total. The average molecular weight is 635 g/mol.